The lowest BCUT2D eigenvalue weighted by atomic mass is 9.99. The third kappa shape index (κ3) is 4.53. The number of hydrogen-bond donors (Lipinski definition) is 2. The Morgan fingerprint density at radius 3 is 2.55 bits per heavy atom. The summed E-state index contributed by atoms with van der Waals surface area (Å²) in [6.07, 6.45) is 0.766. The van der Waals surface area contributed by atoms with Gasteiger partial charge in [-0.25, -0.2) is 4.79 Å². The van der Waals surface area contributed by atoms with Crippen molar-refractivity contribution in [3.8, 4) is 0 Å². The fraction of sp³-hybridized carbons (Fsp3) is 0.467. The summed E-state index contributed by atoms with van der Waals surface area (Å²) < 4.78 is 0. The molecular weight excluding hydrogens is 278 g/mol. The van der Waals surface area contributed by atoms with Gasteiger partial charge in [-0.2, -0.15) is 0 Å². The Bertz CT molecular complexity index is 502. The number of benzene rings is 1. The normalized spacial score (nSPS) is 13.6. The second kappa shape index (κ2) is 7.29. The second-order valence-corrected chi connectivity index (χ2v) is 5.45. The van der Waals surface area contributed by atoms with Crippen LogP contribution in [-0.2, 0) is 16.0 Å². The maximum Gasteiger partial charge on any atom is 0.326 e. The fourth-order valence-electron chi connectivity index (χ4n) is 1.88. The number of aryl methyl sites for hydroxylation is 1. The highest BCUT2D eigenvalue weighted by molar-refractivity contribution is 6.31. The van der Waals surface area contributed by atoms with E-state index in [1.165, 1.54) is 0 Å². The topological polar surface area (TPSA) is 66.4 Å². The van der Waals surface area contributed by atoms with Crippen LogP contribution in [0.4, 0.5) is 0 Å². The van der Waals surface area contributed by atoms with Crippen molar-refractivity contribution in [1.82, 2.24) is 5.32 Å². The third-order valence-corrected chi connectivity index (χ3v) is 3.71. The summed E-state index contributed by atoms with van der Waals surface area (Å²) in [7, 11) is 0. The summed E-state index contributed by atoms with van der Waals surface area (Å²) in [6, 6.07) is 4.58. The van der Waals surface area contributed by atoms with E-state index in [1.54, 1.807) is 19.1 Å². The quantitative estimate of drug-likeness (QED) is 0.848. The highest BCUT2D eigenvalue weighted by Gasteiger charge is 2.25. The van der Waals surface area contributed by atoms with Gasteiger partial charge in [-0.1, -0.05) is 44.0 Å². The largest absolute Gasteiger partial charge is 0.480 e. The molecule has 4 nitrogen and oxygen atoms in total. The van der Waals surface area contributed by atoms with Crippen LogP contribution in [-0.4, -0.2) is 23.0 Å². The first-order valence-corrected chi connectivity index (χ1v) is 7.00. The zero-order valence-electron chi connectivity index (χ0n) is 11.9. The molecule has 0 radical (unpaired) electrons. The molecule has 0 saturated carbocycles. The van der Waals surface area contributed by atoms with Gasteiger partial charge in [-0.3, -0.25) is 4.79 Å². The Morgan fingerprint density at radius 2 is 2.05 bits per heavy atom. The number of amides is 1. The third-order valence-electron chi connectivity index (χ3n) is 3.36. The van der Waals surface area contributed by atoms with Gasteiger partial charge in [0.1, 0.15) is 6.04 Å². The molecule has 0 aliphatic heterocycles. The molecule has 2 N–H and O–H groups in total. The number of nitrogens with one attached hydrogen (secondary N) is 1. The van der Waals surface area contributed by atoms with Crippen molar-refractivity contribution >= 4 is 23.5 Å². The molecule has 0 heterocycles. The number of halogens is 1. The van der Waals surface area contributed by atoms with E-state index in [9.17, 15) is 9.59 Å². The molecule has 20 heavy (non-hydrogen) atoms. The molecule has 1 rings (SSSR count). The van der Waals surface area contributed by atoms with Crippen LogP contribution >= 0.6 is 11.6 Å². The Hall–Kier alpha value is -1.55. The Morgan fingerprint density at radius 1 is 1.40 bits per heavy atom. The van der Waals surface area contributed by atoms with Crippen molar-refractivity contribution in [3.05, 3.63) is 34.3 Å². The van der Waals surface area contributed by atoms with E-state index >= 15 is 0 Å². The summed E-state index contributed by atoms with van der Waals surface area (Å²) in [5.74, 6) is -1.46. The number of hydrogen-bond acceptors (Lipinski definition) is 2. The summed E-state index contributed by atoms with van der Waals surface area (Å²) in [5.41, 5.74) is 1.71. The van der Waals surface area contributed by atoms with Crippen molar-refractivity contribution in [3.63, 3.8) is 0 Å². The number of carboxylic acids is 1. The van der Waals surface area contributed by atoms with E-state index in [0.717, 1.165) is 5.56 Å². The summed E-state index contributed by atoms with van der Waals surface area (Å²) in [5, 5.41) is 12.2. The van der Waals surface area contributed by atoms with Crippen molar-refractivity contribution < 1.29 is 14.7 Å². The van der Waals surface area contributed by atoms with Gasteiger partial charge in [-0.05, 0) is 30.0 Å². The first-order valence-electron chi connectivity index (χ1n) is 6.62. The first-order chi connectivity index (χ1) is 9.35. The molecule has 2 unspecified atom stereocenters. The van der Waals surface area contributed by atoms with Crippen LogP contribution in [0.1, 0.15) is 31.4 Å². The highest BCUT2D eigenvalue weighted by Crippen LogP contribution is 2.18. The number of aliphatic carboxylic acids is 1. The molecule has 0 spiro atoms. The van der Waals surface area contributed by atoms with E-state index in [1.807, 2.05) is 19.9 Å². The van der Waals surface area contributed by atoms with Gasteiger partial charge in [-0.15, -0.1) is 0 Å². The van der Waals surface area contributed by atoms with Gasteiger partial charge in [0.05, 0.1) is 6.42 Å². The van der Waals surface area contributed by atoms with Gasteiger partial charge in [0.15, 0.2) is 0 Å². The molecule has 0 aliphatic rings. The molecule has 2 atom stereocenters. The van der Waals surface area contributed by atoms with Gasteiger partial charge >= 0.3 is 5.97 Å². The number of carboxylic acid groups (broad SMARTS) is 1. The SMILES string of the molecule is CCC(C)C(NC(=O)Cc1ccc(C)cc1Cl)C(=O)O. The lowest BCUT2D eigenvalue weighted by Gasteiger charge is -2.20. The van der Waals surface area contributed by atoms with Crippen LogP contribution in [0.2, 0.25) is 5.02 Å². The van der Waals surface area contributed by atoms with E-state index in [-0.39, 0.29) is 18.2 Å². The molecule has 0 aromatic heterocycles. The van der Waals surface area contributed by atoms with Crippen LogP contribution in [0.3, 0.4) is 0 Å². The minimum Gasteiger partial charge on any atom is -0.480 e. The predicted octanol–water partition coefficient (Wildman–Crippen LogP) is 2.81. The van der Waals surface area contributed by atoms with Crippen LogP contribution < -0.4 is 5.32 Å². The van der Waals surface area contributed by atoms with E-state index in [2.05, 4.69) is 5.32 Å². The van der Waals surface area contributed by atoms with E-state index < -0.39 is 12.0 Å². The van der Waals surface area contributed by atoms with Crippen molar-refractivity contribution in [2.24, 2.45) is 5.92 Å². The standard InChI is InChI=1S/C15H20ClNO3/c1-4-10(3)14(15(19)20)17-13(18)8-11-6-5-9(2)7-12(11)16/h5-7,10,14H,4,8H2,1-3H3,(H,17,18)(H,19,20). The zero-order chi connectivity index (χ0) is 15.3. The highest BCUT2D eigenvalue weighted by atomic mass is 35.5. The van der Waals surface area contributed by atoms with Crippen LogP contribution in [0.15, 0.2) is 18.2 Å². The molecule has 5 heteroatoms. The van der Waals surface area contributed by atoms with Crippen molar-refractivity contribution in [1.29, 1.82) is 0 Å². The van der Waals surface area contributed by atoms with Gasteiger partial charge < -0.3 is 10.4 Å². The molecule has 1 aromatic rings. The van der Waals surface area contributed by atoms with Crippen LogP contribution in [0, 0.1) is 12.8 Å². The summed E-state index contributed by atoms with van der Waals surface area (Å²) >= 11 is 6.07. The van der Waals surface area contributed by atoms with Gasteiger partial charge in [0.2, 0.25) is 5.91 Å². The number of carbonyl (C=O) groups is 2. The minimum atomic E-state index is -1.01. The maximum absolute atomic E-state index is 12.0. The molecule has 0 aliphatic carbocycles. The maximum atomic E-state index is 12.0. The van der Waals surface area contributed by atoms with Crippen molar-refractivity contribution in [2.75, 3.05) is 0 Å². The summed E-state index contributed by atoms with van der Waals surface area (Å²) in [6.45, 7) is 5.61. The predicted molar refractivity (Wildman–Crippen MR) is 78.9 cm³/mol. The smallest absolute Gasteiger partial charge is 0.326 e. The number of rotatable bonds is 6. The average molecular weight is 298 g/mol. The lowest BCUT2D eigenvalue weighted by Crippen LogP contribution is -2.45. The average Bonchev–Trinajstić information content (AvgIpc) is 2.38. The van der Waals surface area contributed by atoms with E-state index in [0.29, 0.717) is 17.0 Å². The fourth-order valence-corrected chi connectivity index (χ4v) is 2.18. The van der Waals surface area contributed by atoms with Crippen LogP contribution in [0.5, 0.6) is 0 Å². The molecule has 1 amide bonds. The zero-order valence-corrected chi connectivity index (χ0v) is 12.7. The summed E-state index contributed by atoms with van der Waals surface area (Å²) in [4.78, 5) is 23.1. The molecule has 0 bridgehead atoms. The van der Waals surface area contributed by atoms with Crippen LogP contribution in [0.25, 0.3) is 0 Å². The molecule has 0 saturated heterocycles. The Kier molecular flexibility index (Phi) is 6.02. The second-order valence-electron chi connectivity index (χ2n) is 5.04. The molecule has 1 aromatic carbocycles. The first kappa shape index (κ1) is 16.5. The molecular formula is C15H20ClNO3. The van der Waals surface area contributed by atoms with E-state index in [4.69, 9.17) is 16.7 Å². The van der Waals surface area contributed by atoms with Gasteiger partial charge in [0, 0.05) is 5.02 Å². The molecule has 0 fully saturated rings. The minimum absolute atomic E-state index is 0.0827. The number of carbonyl (C=O) groups excluding carboxylic acids is 1. The van der Waals surface area contributed by atoms with Gasteiger partial charge in [0.25, 0.3) is 0 Å². The lowest BCUT2D eigenvalue weighted by molar-refractivity contribution is -0.143. The Balaban J connectivity index is 2.73. The monoisotopic (exact) mass is 297 g/mol. The van der Waals surface area contributed by atoms with Crippen molar-refractivity contribution in [2.45, 2.75) is 39.7 Å². The molecule has 110 valence electrons. The Labute approximate surface area is 124 Å².